The lowest BCUT2D eigenvalue weighted by Gasteiger charge is -2.26. The standard InChI is InChI=1S/C14H17N3O/c1-10(8-15)9-17-14(18)13-12-5-3-2-4-11(12)6-7-16-13/h2-5,10,13,16H,6-7,9H2,1H3,(H,17,18). The highest BCUT2D eigenvalue weighted by Crippen LogP contribution is 2.22. The topological polar surface area (TPSA) is 64.9 Å². The molecule has 0 saturated heterocycles. The molecule has 0 aromatic heterocycles. The van der Waals surface area contributed by atoms with E-state index in [1.54, 1.807) is 6.92 Å². The molecule has 0 saturated carbocycles. The average molecular weight is 243 g/mol. The number of benzene rings is 1. The average Bonchev–Trinajstić information content (AvgIpc) is 2.43. The Balaban J connectivity index is 2.06. The van der Waals surface area contributed by atoms with Crippen molar-refractivity contribution in [2.45, 2.75) is 19.4 Å². The molecule has 0 radical (unpaired) electrons. The number of rotatable bonds is 3. The molecule has 1 aromatic carbocycles. The van der Waals surface area contributed by atoms with E-state index < -0.39 is 0 Å². The largest absolute Gasteiger partial charge is 0.353 e. The van der Waals surface area contributed by atoms with E-state index in [2.05, 4.69) is 22.8 Å². The fraction of sp³-hybridized carbons (Fsp3) is 0.429. The number of carbonyl (C=O) groups is 1. The highest BCUT2D eigenvalue weighted by Gasteiger charge is 2.25. The van der Waals surface area contributed by atoms with Crippen molar-refractivity contribution in [3.8, 4) is 6.07 Å². The molecule has 1 aromatic rings. The molecular formula is C14H17N3O. The molecular weight excluding hydrogens is 226 g/mol. The summed E-state index contributed by atoms with van der Waals surface area (Å²) in [5.41, 5.74) is 2.27. The van der Waals surface area contributed by atoms with Gasteiger partial charge in [0.25, 0.3) is 0 Å². The number of fused-ring (bicyclic) bond motifs is 1. The number of amides is 1. The van der Waals surface area contributed by atoms with Gasteiger partial charge in [-0.15, -0.1) is 0 Å². The lowest BCUT2D eigenvalue weighted by Crippen LogP contribution is -2.42. The van der Waals surface area contributed by atoms with Crippen LogP contribution in [0.2, 0.25) is 0 Å². The highest BCUT2D eigenvalue weighted by atomic mass is 16.2. The van der Waals surface area contributed by atoms with Gasteiger partial charge >= 0.3 is 0 Å². The molecule has 2 N–H and O–H groups in total. The summed E-state index contributed by atoms with van der Waals surface area (Å²) in [6.45, 7) is 3.00. The second kappa shape index (κ2) is 5.65. The van der Waals surface area contributed by atoms with Gasteiger partial charge in [0.2, 0.25) is 5.91 Å². The molecule has 18 heavy (non-hydrogen) atoms. The zero-order chi connectivity index (χ0) is 13.0. The lowest BCUT2D eigenvalue weighted by molar-refractivity contribution is -0.123. The van der Waals surface area contributed by atoms with Crippen LogP contribution in [0.25, 0.3) is 0 Å². The molecule has 2 rings (SSSR count). The first-order valence-corrected chi connectivity index (χ1v) is 6.21. The molecule has 1 amide bonds. The summed E-state index contributed by atoms with van der Waals surface area (Å²) < 4.78 is 0. The zero-order valence-electron chi connectivity index (χ0n) is 10.4. The number of nitrogens with zero attached hydrogens (tertiary/aromatic N) is 1. The third-order valence-corrected chi connectivity index (χ3v) is 3.17. The summed E-state index contributed by atoms with van der Waals surface area (Å²) in [6.07, 6.45) is 0.953. The Morgan fingerprint density at radius 3 is 3.17 bits per heavy atom. The van der Waals surface area contributed by atoms with Crippen molar-refractivity contribution in [3.05, 3.63) is 35.4 Å². The fourth-order valence-corrected chi connectivity index (χ4v) is 2.14. The van der Waals surface area contributed by atoms with Crippen molar-refractivity contribution in [1.29, 1.82) is 5.26 Å². The number of carbonyl (C=O) groups excluding carboxylic acids is 1. The third-order valence-electron chi connectivity index (χ3n) is 3.17. The Kier molecular flexibility index (Phi) is 3.96. The van der Waals surface area contributed by atoms with Gasteiger partial charge in [-0.3, -0.25) is 4.79 Å². The van der Waals surface area contributed by atoms with Crippen LogP contribution in [0.5, 0.6) is 0 Å². The van der Waals surface area contributed by atoms with Crippen molar-refractivity contribution >= 4 is 5.91 Å². The summed E-state index contributed by atoms with van der Waals surface area (Å²) in [6, 6.07) is 9.81. The van der Waals surface area contributed by atoms with Gasteiger partial charge in [-0.25, -0.2) is 0 Å². The SMILES string of the molecule is CC(C#N)CNC(=O)C1NCCc2ccccc21. The van der Waals surface area contributed by atoms with Gasteiger partial charge in [0.15, 0.2) is 0 Å². The number of hydrogen-bond donors (Lipinski definition) is 2. The zero-order valence-corrected chi connectivity index (χ0v) is 10.4. The molecule has 1 aliphatic rings. The Hall–Kier alpha value is -1.86. The van der Waals surface area contributed by atoms with Gasteiger partial charge in [0.05, 0.1) is 12.0 Å². The normalized spacial score (nSPS) is 19.4. The molecule has 94 valence electrons. The van der Waals surface area contributed by atoms with Gasteiger partial charge < -0.3 is 10.6 Å². The van der Waals surface area contributed by atoms with Crippen LogP contribution in [-0.4, -0.2) is 19.0 Å². The van der Waals surface area contributed by atoms with Gasteiger partial charge in [-0.1, -0.05) is 24.3 Å². The second-order valence-corrected chi connectivity index (χ2v) is 4.61. The van der Waals surface area contributed by atoms with Crippen molar-refractivity contribution < 1.29 is 4.79 Å². The summed E-state index contributed by atoms with van der Waals surface area (Å²) in [4.78, 5) is 12.1. The Labute approximate surface area is 107 Å². The van der Waals surface area contributed by atoms with Crippen LogP contribution in [-0.2, 0) is 11.2 Å². The molecule has 0 fully saturated rings. The third kappa shape index (κ3) is 2.69. The van der Waals surface area contributed by atoms with Crippen molar-refractivity contribution in [3.63, 3.8) is 0 Å². The molecule has 4 nitrogen and oxygen atoms in total. The summed E-state index contributed by atoms with van der Waals surface area (Å²) in [5, 5.41) is 14.7. The molecule has 0 aliphatic carbocycles. The van der Waals surface area contributed by atoms with E-state index in [4.69, 9.17) is 5.26 Å². The molecule has 0 bridgehead atoms. The van der Waals surface area contributed by atoms with E-state index in [0.717, 1.165) is 18.5 Å². The predicted molar refractivity (Wildman–Crippen MR) is 68.7 cm³/mol. The minimum Gasteiger partial charge on any atom is -0.353 e. The molecule has 0 spiro atoms. The molecule has 1 heterocycles. The number of nitriles is 1. The Morgan fingerprint density at radius 1 is 1.61 bits per heavy atom. The quantitative estimate of drug-likeness (QED) is 0.837. The van der Waals surface area contributed by atoms with Crippen LogP contribution in [0.4, 0.5) is 0 Å². The van der Waals surface area contributed by atoms with E-state index in [1.165, 1.54) is 5.56 Å². The first-order chi connectivity index (χ1) is 8.72. The van der Waals surface area contributed by atoms with E-state index >= 15 is 0 Å². The lowest BCUT2D eigenvalue weighted by atomic mass is 9.94. The first-order valence-electron chi connectivity index (χ1n) is 6.21. The van der Waals surface area contributed by atoms with Gasteiger partial charge in [-0.2, -0.15) is 5.26 Å². The summed E-state index contributed by atoms with van der Waals surface area (Å²) >= 11 is 0. The minimum absolute atomic E-state index is 0.0516. The maximum atomic E-state index is 12.1. The molecule has 2 atom stereocenters. The molecule has 2 unspecified atom stereocenters. The maximum Gasteiger partial charge on any atom is 0.241 e. The van der Waals surface area contributed by atoms with Crippen LogP contribution in [0.3, 0.4) is 0 Å². The van der Waals surface area contributed by atoms with Crippen LogP contribution in [0, 0.1) is 17.2 Å². The Bertz CT molecular complexity index is 478. The van der Waals surface area contributed by atoms with Gasteiger partial charge in [0, 0.05) is 13.1 Å². The second-order valence-electron chi connectivity index (χ2n) is 4.61. The van der Waals surface area contributed by atoms with Gasteiger partial charge in [-0.05, 0) is 24.5 Å². The van der Waals surface area contributed by atoms with E-state index in [1.807, 2.05) is 18.2 Å². The van der Waals surface area contributed by atoms with Crippen LogP contribution in [0.15, 0.2) is 24.3 Å². The predicted octanol–water partition coefficient (Wildman–Crippen LogP) is 1.15. The van der Waals surface area contributed by atoms with Crippen LogP contribution in [0.1, 0.15) is 24.1 Å². The van der Waals surface area contributed by atoms with Gasteiger partial charge in [0.1, 0.15) is 6.04 Å². The molecule has 1 aliphatic heterocycles. The highest BCUT2D eigenvalue weighted by molar-refractivity contribution is 5.83. The summed E-state index contributed by atoms with van der Waals surface area (Å²) in [5.74, 6) is -0.211. The smallest absolute Gasteiger partial charge is 0.241 e. The Morgan fingerprint density at radius 2 is 2.39 bits per heavy atom. The molecule has 4 heteroatoms. The van der Waals surface area contributed by atoms with Crippen molar-refractivity contribution in [2.75, 3.05) is 13.1 Å². The van der Waals surface area contributed by atoms with E-state index in [-0.39, 0.29) is 17.9 Å². The van der Waals surface area contributed by atoms with Crippen molar-refractivity contribution in [1.82, 2.24) is 10.6 Å². The number of nitrogens with one attached hydrogen (secondary N) is 2. The van der Waals surface area contributed by atoms with E-state index in [0.29, 0.717) is 6.54 Å². The van der Waals surface area contributed by atoms with Crippen LogP contribution >= 0.6 is 0 Å². The number of hydrogen-bond acceptors (Lipinski definition) is 3. The van der Waals surface area contributed by atoms with E-state index in [9.17, 15) is 4.79 Å². The minimum atomic E-state index is -0.291. The fourth-order valence-electron chi connectivity index (χ4n) is 2.14. The monoisotopic (exact) mass is 243 g/mol. The van der Waals surface area contributed by atoms with Crippen molar-refractivity contribution in [2.24, 2.45) is 5.92 Å². The summed E-state index contributed by atoms with van der Waals surface area (Å²) in [7, 11) is 0. The maximum absolute atomic E-state index is 12.1. The first kappa shape index (κ1) is 12.6. The van der Waals surface area contributed by atoms with Crippen LogP contribution < -0.4 is 10.6 Å².